The topological polar surface area (TPSA) is 88.1 Å². The van der Waals surface area contributed by atoms with E-state index in [1.165, 1.54) is 25.0 Å². The maximum Gasteiger partial charge on any atom is 0.336 e. The summed E-state index contributed by atoms with van der Waals surface area (Å²) in [7, 11) is 0. The largest absolute Gasteiger partial charge is 0.478 e. The van der Waals surface area contributed by atoms with Crippen LogP contribution >= 0.6 is 0 Å². The third-order valence-electron chi connectivity index (χ3n) is 7.25. The van der Waals surface area contributed by atoms with Gasteiger partial charge in [0, 0.05) is 18.8 Å². The number of aryl methyl sites for hydroxylation is 1. The molecule has 2 aromatic carbocycles. The Labute approximate surface area is 231 Å². The minimum absolute atomic E-state index is 0.00218. The third kappa shape index (κ3) is 10.3. The molecule has 2 amide bonds. The van der Waals surface area contributed by atoms with Crippen LogP contribution in [0.15, 0.2) is 42.5 Å². The number of hydrogen-bond acceptors (Lipinski definition) is 4. The summed E-state index contributed by atoms with van der Waals surface area (Å²) < 4.78 is 25.6. The molecule has 0 unspecified atom stereocenters. The second-order valence-electron chi connectivity index (χ2n) is 10.3. The molecule has 1 fully saturated rings. The van der Waals surface area contributed by atoms with E-state index < -0.39 is 5.97 Å². The summed E-state index contributed by atoms with van der Waals surface area (Å²) in [6.45, 7) is 5.76. The molecule has 7 nitrogen and oxygen atoms in total. The first kappa shape index (κ1) is 30.6. The van der Waals surface area contributed by atoms with Gasteiger partial charge < -0.3 is 24.8 Å². The van der Waals surface area contributed by atoms with E-state index in [1.54, 1.807) is 36.1 Å². The van der Waals surface area contributed by atoms with Crippen LogP contribution in [0.5, 0.6) is 0 Å². The number of unbranched alkanes of at least 4 members (excludes halogenated alkanes) is 4. The smallest absolute Gasteiger partial charge is 0.336 e. The number of aromatic carboxylic acids is 1. The fourth-order valence-corrected chi connectivity index (χ4v) is 5.05. The Morgan fingerprint density at radius 3 is 2.44 bits per heavy atom. The number of amides is 2. The average molecular weight is 543 g/mol. The lowest BCUT2D eigenvalue weighted by Crippen LogP contribution is -2.39. The van der Waals surface area contributed by atoms with Gasteiger partial charge >= 0.3 is 12.0 Å². The molecular formula is C31H43FN2O5. The number of hydrogen-bond donors (Lipinski definition) is 2. The van der Waals surface area contributed by atoms with Crippen molar-refractivity contribution in [2.75, 3.05) is 25.0 Å². The zero-order valence-electron chi connectivity index (χ0n) is 23.3. The highest BCUT2D eigenvalue weighted by atomic mass is 19.1. The van der Waals surface area contributed by atoms with Gasteiger partial charge in [-0.05, 0) is 74.4 Å². The number of anilines is 1. The van der Waals surface area contributed by atoms with Crippen LogP contribution < -0.4 is 5.32 Å². The van der Waals surface area contributed by atoms with E-state index in [1.807, 2.05) is 6.07 Å². The van der Waals surface area contributed by atoms with Gasteiger partial charge in [0.15, 0.2) is 0 Å². The Kier molecular flexibility index (Phi) is 12.7. The molecule has 2 aromatic rings. The van der Waals surface area contributed by atoms with E-state index >= 15 is 0 Å². The summed E-state index contributed by atoms with van der Waals surface area (Å²) in [5.41, 5.74) is 2.29. The molecule has 1 aliphatic carbocycles. The maximum atomic E-state index is 13.3. The van der Waals surface area contributed by atoms with E-state index in [0.717, 1.165) is 50.5 Å². The Hall–Kier alpha value is -2.97. The lowest BCUT2D eigenvalue weighted by molar-refractivity contribution is -0.0523. The Morgan fingerprint density at radius 1 is 1.00 bits per heavy atom. The van der Waals surface area contributed by atoms with Gasteiger partial charge in [-0.2, -0.15) is 0 Å². The molecule has 1 saturated carbocycles. The highest BCUT2D eigenvalue weighted by molar-refractivity contribution is 5.91. The molecule has 0 spiro atoms. The van der Waals surface area contributed by atoms with Gasteiger partial charge in [0.05, 0.1) is 31.0 Å². The first-order chi connectivity index (χ1) is 18.9. The predicted octanol–water partition coefficient (Wildman–Crippen LogP) is 7.18. The van der Waals surface area contributed by atoms with Crippen molar-refractivity contribution in [3.63, 3.8) is 0 Å². The van der Waals surface area contributed by atoms with Crippen molar-refractivity contribution in [2.24, 2.45) is 0 Å². The number of carbonyl (C=O) groups excluding carboxylic acids is 1. The van der Waals surface area contributed by atoms with Crippen LogP contribution in [0.1, 0.15) is 86.2 Å². The number of benzene rings is 2. The molecule has 2 N–H and O–H groups in total. The van der Waals surface area contributed by atoms with Gasteiger partial charge in [0.2, 0.25) is 0 Å². The second-order valence-corrected chi connectivity index (χ2v) is 10.3. The third-order valence-corrected chi connectivity index (χ3v) is 7.25. The van der Waals surface area contributed by atoms with Crippen LogP contribution in [-0.4, -0.2) is 53.9 Å². The fraction of sp³-hybridized carbons (Fsp3) is 0.548. The monoisotopic (exact) mass is 542 g/mol. The summed E-state index contributed by atoms with van der Waals surface area (Å²) in [5.74, 6) is -1.28. The SMILES string of the molecule is CCCCCCCN(CCO[C@H]1CCC[C@@H](OCc2cccc(C)c2C(=O)O)C1)C(=O)Nc1ccc(F)cc1. The zero-order chi connectivity index (χ0) is 28.0. The molecule has 8 heteroatoms. The number of halogens is 1. The molecule has 39 heavy (non-hydrogen) atoms. The molecule has 0 heterocycles. The number of urea groups is 1. The van der Waals surface area contributed by atoms with Gasteiger partial charge in [-0.25, -0.2) is 14.0 Å². The fourth-order valence-electron chi connectivity index (χ4n) is 5.05. The first-order valence-corrected chi connectivity index (χ1v) is 14.2. The van der Waals surface area contributed by atoms with E-state index in [-0.39, 0.29) is 30.7 Å². The molecule has 214 valence electrons. The predicted molar refractivity (Wildman–Crippen MR) is 151 cm³/mol. The van der Waals surface area contributed by atoms with Crippen LogP contribution in [0.3, 0.4) is 0 Å². The van der Waals surface area contributed by atoms with E-state index in [2.05, 4.69) is 12.2 Å². The molecule has 3 rings (SSSR count). The lowest BCUT2D eigenvalue weighted by atomic mass is 9.94. The summed E-state index contributed by atoms with van der Waals surface area (Å²) in [4.78, 5) is 26.4. The Balaban J connectivity index is 1.48. The second kappa shape index (κ2) is 16.2. The number of rotatable bonds is 15. The summed E-state index contributed by atoms with van der Waals surface area (Å²) in [6, 6.07) is 11.0. The van der Waals surface area contributed by atoms with E-state index in [4.69, 9.17) is 9.47 Å². The molecule has 0 radical (unpaired) electrons. The van der Waals surface area contributed by atoms with Gasteiger partial charge in [-0.15, -0.1) is 0 Å². The molecule has 0 bridgehead atoms. The summed E-state index contributed by atoms with van der Waals surface area (Å²) in [5, 5.41) is 12.4. The molecule has 0 saturated heterocycles. The van der Waals surface area contributed by atoms with Crippen LogP contribution in [0.2, 0.25) is 0 Å². The van der Waals surface area contributed by atoms with Crippen molar-refractivity contribution in [3.05, 3.63) is 65.0 Å². The number of carbonyl (C=O) groups is 2. The van der Waals surface area contributed by atoms with Crippen LogP contribution in [0, 0.1) is 12.7 Å². The summed E-state index contributed by atoms with van der Waals surface area (Å²) >= 11 is 0. The minimum Gasteiger partial charge on any atom is -0.478 e. The molecule has 0 aliphatic heterocycles. The van der Waals surface area contributed by atoms with Crippen LogP contribution in [-0.2, 0) is 16.1 Å². The van der Waals surface area contributed by atoms with Crippen LogP contribution in [0.25, 0.3) is 0 Å². The maximum absolute atomic E-state index is 13.3. The standard InChI is InChI=1S/C31H43FN2O5/c1-3-4-5-6-7-18-34(31(37)33-26-16-14-25(32)15-17-26)19-20-38-27-12-9-13-28(21-27)39-22-24-11-8-10-23(2)29(24)30(35)36/h8,10-11,14-17,27-28H,3-7,9,12-13,18-22H2,1-2H3,(H,33,37)(H,35,36)/t27-,28+/m0/s1. The van der Waals surface area contributed by atoms with E-state index in [0.29, 0.717) is 36.5 Å². The first-order valence-electron chi connectivity index (χ1n) is 14.2. The normalized spacial score (nSPS) is 17.1. The number of carboxylic acids is 1. The molecule has 1 aliphatic rings. The van der Waals surface area contributed by atoms with Gasteiger partial charge in [0.1, 0.15) is 5.82 Å². The quantitative estimate of drug-likeness (QED) is 0.233. The Morgan fingerprint density at radius 2 is 1.72 bits per heavy atom. The van der Waals surface area contributed by atoms with Gasteiger partial charge in [-0.1, -0.05) is 50.8 Å². The van der Waals surface area contributed by atoms with Crippen LogP contribution in [0.4, 0.5) is 14.9 Å². The number of nitrogens with zero attached hydrogens (tertiary/aromatic N) is 1. The summed E-state index contributed by atoms with van der Waals surface area (Å²) in [6.07, 6.45) is 9.11. The van der Waals surface area contributed by atoms with Crippen molar-refractivity contribution in [1.82, 2.24) is 4.90 Å². The van der Waals surface area contributed by atoms with E-state index in [9.17, 15) is 19.1 Å². The molecule has 0 aromatic heterocycles. The van der Waals surface area contributed by atoms with Crippen molar-refractivity contribution >= 4 is 17.7 Å². The number of nitrogens with one attached hydrogen (secondary N) is 1. The number of ether oxygens (including phenoxy) is 2. The van der Waals surface area contributed by atoms with Gasteiger partial charge in [0.25, 0.3) is 0 Å². The Bertz CT molecular complexity index is 1050. The lowest BCUT2D eigenvalue weighted by Gasteiger charge is -2.30. The van der Waals surface area contributed by atoms with Crippen molar-refractivity contribution in [3.8, 4) is 0 Å². The number of carboxylic acid groups (broad SMARTS) is 1. The van der Waals surface area contributed by atoms with Crippen molar-refractivity contribution < 1.29 is 28.6 Å². The highest BCUT2D eigenvalue weighted by Gasteiger charge is 2.24. The average Bonchev–Trinajstić information content (AvgIpc) is 2.92. The zero-order valence-corrected chi connectivity index (χ0v) is 23.3. The minimum atomic E-state index is -0.935. The van der Waals surface area contributed by atoms with Gasteiger partial charge in [-0.3, -0.25) is 0 Å². The molecule has 2 atom stereocenters. The van der Waals surface area contributed by atoms with Crippen molar-refractivity contribution in [1.29, 1.82) is 0 Å². The van der Waals surface area contributed by atoms with Crippen molar-refractivity contribution in [2.45, 2.75) is 90.4 Å². The molecular weight excluding hydrogens is 499 g/mol. The highest BCUT2D eigenvalue weighted by Crippen LogP contribution is 2.25.